The van der Waals surface area contributed by atoms with Crippen LogP contribution >= 0.6 is 12.2 Å². The van der Waals surface area contributed by atoms with Crippen LogP contribution in [-0.2, 0) is 11.8 Å². The Morgan fingerprint density at radius 1 is 1.61 bits per heavy atom. The van der Waals surface area contributed by atoms with E-state index in [0.717, 1.165) is 0 Å². The number of carboxylic acid groups (broad SMARTS) is 1. The molecular weight excluding hydrogens is 258 g/mol. The Kier molecular flexibility index (Phi) is 3.90. The Morgan fingerprint density at radius 3 is 2.67 bits per heavy atom. The molecular formula is C10H15N3O4S. The lowest BCUT2D eigenvalue weighted by Crippen LogP contribution is -2.40. The van der Waals surface area contributed by atoms with Crippen molar-refractivity contribution in [2.75, 3.05) is 0 Å². The van der Waals surface area contributed by atoms with Gasteiger partial charge in [-0.2, -0.15) is 0 Å². The Hall–Kier alpha value is -1.70. The highest BCUT2D eigenvalue weighted by atomic mass is 32.1. The molecule has 0 amide bonds. The molecule has 0 saturated heterocycles. The van der Waals surface area contributed by atoms with Crippen LogP contribution in [0, 0.1) is 10.2 Å². The SMILES string of the molecule is CC(Oc1nn(C)c(=S)[nH]c1=O)C(C)(C)C(=O)O. The molecule has 18 heavy (non-hydrogen) atoms. The molecule has 0 saturated carbocycles. The molecule has 0 bridgehead atoms. The first-order valence-corrected chi connectivity index (χ1v) is 5.64. The molecule has 1 unspecified atom stereocenters. The predicted molar refractivity (Wildman–Crippen MR) is 66.2 cm³/mol. The molecule has 1 aromatic rings. The lowest BCUT2D eigenvalue weighted by atomic mass is 9.88. The maximum atomic E-state index is 11.6. The van der Waals surface area contributed by atoms with Crippen molar-refractivity contribution in [1.82, 2.24) is 14.8 Å². The van der Waals surface area contributed by atoms with Gasteiger partial charge in [-0.25, -0.2) is 4.68 Å². The van der Waals surface area contributed by atoms with E-state index >= 15 is 0 Å². The van der Waals surface area contributed by atoms with Crippen molar-refractivity contribution in [2.24, 2.45) is 12.5 Å². The van der Waals surface area contributed by atoms with E-state index in [1.165, 1.54) is 18.5 Å². The smallest absolute Gasteiger partial charge is 0.314 e. The van der Waals surface area contributed by atoms with Gasteiger partial charge in [0.2, 0.25) is 0 Å². The summed E-state index contributed by atoms with van der Waals surface area (Å²) >= 11 is 4.82. The van der Waals surface area contributed by atoms with E-state index in [1.54, 1.807) is 14.0 Å². The quantitative estimate of drug-likeness (QED) is 0.784. The summed E-state index contributed by atoms with van der Waals surface area (Å²) in [5, 5.41) is 12.9. The highest BCUT2D eigenvalue weighted by Crippen LogP contribution is 2.23. The molecule has 0 aliphatic rings. The number of hydrogen-bond donors (Lipinski definition) is 2. The third kappa shape index (κ3) is 2.76. The molecule has 1 rings (SSSR count). The van der Waals surface area contributed by atoms with E-state index in [2.05, 4.69) is 10.1 Å². The summed E-state index contributed by atoms with van der Waals surface area (Å²) in [4.78, 5) is 25.0. The third-order valence-electron chi connectivity index (χ3n) is 2.81. The molecule has 0 spiro atoms. The number of carbonyl (C=O) groups is 1. The summed E-state index contributed by atoms with van der Waals surface area (Å²) in [6.07, 6.45) is -0.723. The summed E-state index contributed by atoms with van der Waals surface area (Å²) in [6, 6.07) is 0. The lowest BCUT2D eigenvalue weighted by Gasteiger charge is -2.26. The van der Waals surface area contributed by atoms with Gasteiger partial charge >= 0.3 is 11.5 Å². The summed E-state index contributed by atoms with van der Waals surface area (Å²) in [6.45, 7) is 4.59. The number of hydrogen-bond acceptors (Lipinski definition) is 5. The van der Waals surface area contributed by atoms with Gasteiger partial charge in [0.1, 0.15) is 6.10 Å². The molecule has 2 N–H and O–H groups in total. The van der Waals surface area contributed by atoms with E-state index in [1.807, 2.05) is 0 Å². The molecule has 1 heterocycles. The zero-order chi connectivity index (χ0) is 14.1. The standard InChI is InChI=1S/C10H15N3O4S/c1-5(10(2,3)8(15)16)17-7-6(14)11-9(18)13(4)12-7/h5H,1-4H3,(H,15,16)(H,11,14,18). The molecule has 7 nitrogen and oxygen atoms in total. The van der Waals surface area contributed by atoms with E-state index in [-0.39, 0.29) is 10.7 Å². The van der Waals surface area contributed by atoms with Crippen LogP contribution in [-0.4, -0.2) is 31.9 Å². The van der Waals surface area contributed by atoms with Gasteiger partial charge in [-0.15, -0.1) is 5.10 Å². The minimum absolute atomic E-state index is 0.164. The van der Waals surface area contributed by atoms with E-state index in [9.17, 15) is 9.59 Å². The van der Waals surface area contributed by atoms with Gasteiger partial charge in [-0.05, 0) is 33.0 Å². The van der Waals surface area contributed by atoms with Gasteiger partial charge in [-0.3, -0.25) is 14.6 Å². The minimum atomic E-state index is -1.14. The predicted octanol–water partition coefficient (Wildman–Crippen LogP) is 0.716. The van der Waals surface area contributed by atoms with Crippen molar-refractivity contribution in [2.45, 2.75) is 26.9 Å². The maximum Gasteiger partial charge on any atom is 0.314 e. The van der Waals surface area contributed by atoms with Crippen molar-refractivity contribution < 1.29 is 14.6 Å². The molecule has 8 heteroatoms. The first kappa shape index (κ1) is 14.4. The van der Waals surface area contributed by atoms with Crippen molar-refractivity contribution >= 4 is 18.2 Å². The number of aliphatic carboxylic acids is 1. The van der Waals surface area contributed by atoms with E-state index < -0.39 is 23.0 Å². The average molecular weight is 273 g/mol. The number of nitrogens with one attached hydrogen (secondary N) is 1. The molecule has 0 aromatic carbocycles. The van der Waals surface area contributed by atoms with E-state index in [4.69, 9.17) is 22.1 Å². The molecule has 0 fully saturated rings. The number of aromatic nitrogens is 3. The Bertz CT molecular complexity index is 575. The second kappa shape index (κ2) is 4.89. The normalized spacial score (nSPS) is 13.1. The first-order chi connectivity index (χ1) is 8.16. The van der Waals surface area contributed by atoms with Crippen LogP contribution in [0.5, 0.6) is 5.88 Å². The van der Waals surface area contributed by atoms with Gasteiger partial charge in [0.05, 0.1) is 5.41 Å². The highest BCUT2D eigenvalue weighted by Gasteiger charge is 2.36. The van der Waals surface area contributed by atoms with Crippen LogP contribution in [0.4, 0.5) is 0 Å². The van der Waals surface area contributed by atoms with Crippen molar-refractivity contribution in [3.63, 3.8) is 0 Å². The fourth-order valence-corrected chi connectivity index (χ4v) is 1.16. The fourth-order valence-electron chi connectivity index (χ4n) is 1.02. The molecule has 0 aliphatic heterocycles. The van der Waals surface area contributed by atoms with Crippen LogP contribution < -0.4 is 10.3 Å². The monoisotopic (exact) mass is 273 g/mol. The van der Waals surface area contributed by atoms with Crippen molar-refractivity contribution in [3.05, 3.63) is 15.1 Å². The summed E-state index contributed by atoms with van der Waals surface area (Å²) in [7, 11) is 1.55. The van der Waals surface area contributed by atoms with Gasteiger partial charge in [0.25, 0.3) is 5.88 Å². The molecule has 1 atom stereocenters. The van der Waals surface area contributed by atoms with Crippen LogP contribution in [0.25, 0.3) is 0 Å². The van der Waals surface area contributed by atoms with Gasteiger partial charge in [0.15, 0.2) is 4.77 Å². The Labute approximate surface area is 108 Å². The van der Waals surface area contributed by atoms with Crippen LogP contribution in [0.1, 0.15) is 20.8 Å². The zero-order valence-electron chi connectivity index (χ0n) is 10.6. The van der Waals surface area contributed by atoms with Crippen molar-refractivity contribution in [1.29, 1.82) is 0 Å². The second-order valence-electron chi connectivity index (χ2n) is 4.47. The second-order valence-corrected chi connectivity index (χ2v) is 4.86. The minimum Gasteiger partial charge on any atom is -0.481 e. The largest absolute Gasteiger partial charge is 0.481 e. The number of carboxylic acids is 1. The number of rotatable bonds is 4. The molecule has 0 aliphatic carbocycles. The topological polar surface area (TPSA) is 97.2 Å². The van der Waals surface area contributed by atoms with Crippen LogP contribution in [0.15, 0.2) is 4.79 Å². The van der Waals surface area contributed by atoms with E-state index in [0.29, 0.717) is 0 Å². The summed E-state index contributed by atoms with van der Waals surface area (Å²) < 4.78 is 6.74. The highest BCUT2D eigenvalue weighted by molar-refractivity contribution is 7.71. The summed E-state index contributed by atoms with van der Waals surface area (Å²) in [5.74, 6) is -1.22. The van der Waals surface area contributed by atoms with Gasteiger partial charge in [0, 0.05) is 7.05 Å². The fraction of sp³-hybridized carbons (Fsp3) is 0.600. The summed E-state index contributed by atoms with van der Waals surface area (Å²) in [5.41, 5.74) is -1.72. The number of H-pyrrole nitrogens is 1. The third-order valence-corrected chi connectivity index (χ3v) is 3.17. The number of aromatic amines is 1. The van der Waals surface area contributed by atoms with Gasteiger partial charge < -0.3 is 9.84 Å². The van der Waals surface area contributed by atoms with Crippen LogP contribution in [0.2, 0.25) is 0 Å². The molecule has 1 aromatic heterocycles. The maximum absolute atomic E-state index is 11.6. The average Bonchev–Trinajstić information content (AvgIpc) is 2.25. The first-order valence-electron chi connectivity index (χ1n) is 5.24. The van der Waals surface area contributed by atoms with Crippen molar-refractivity contribution in [3.8, 4) is 5.88 Å². The van der Waals surface area contributed by atoms with Crippen LogP contribution in [0.3, 0.4) is 0 Å². The molecule has 0 radical (unpaired) electrons. The van der Waals surface area contributed by atoms with Gasteiger partial charge in [-0.1, -0.05) is 0 Å². The molecule has 100 valence electrons. The Balaban J connectivity index is 3.06. The number of aryl methyl sites for hydroxylation is 1. The lowest BCUT2D eigenvalue weighted by molar-refractivity contribution is -0.151. The zero-order valence-corrected chi connectivity index (χ0v) is 11.4. The Morgan fingerprint density at radius 2 is 2.17 bits per heavy atom. The number of ether oxygens (including phenoxy) is 1. The number of nitrogens with zero attached hydrogens (tertiary/aromatic N) is 2.